The topological polar surface area (TPSA) is 67.3 Å². The van der Waals surface area contributed by atoms with Gasteiger partial charge in [0.2, 0.25) is 0 Å². The summed E-state index contributed by atoms with van der Waals surface area (Å²) in [4.78, 5) is 4.17. The molecule has 0 radical (unpaired) electrons. The van der Waals surface area contributed by atoms with Crippen LogP contribution >= 0.6 is 7.92 Å². The van der Waals surface area contributed by atoms with Crippen LogP contribution in [0.5, 0.6) is 0 Å². The first-order valence-corrected chi connectivity index (χ1v) is 9.17. The Kier molecular flexibility index (Phi) is 14.2. The maximum atomic E-state index is 10.0. The zero-order valence-electron chi connectivity index (χ0n) is 11.4. The molecule has 110 valence electrons. The summed E-state index contributed by atoms with van der Waals surface area (Å²) in [6.45, 7) is 7.65. The molecule has 7 heteroatoms. The van der Waals surface area contributed by atoms with E-state index < -0.39 is 18.0 Å². The van der Waals surface area contributed by atoms with E-state index in [9.17, 15) is 8.42 Å². The molecule has 18 heavy (non-hydrogen) atoms. The summed E-state index contributed by atoms with van der Waals surface area (Å²) in [5, 5.41) is 0. The molecule has 0 saturated carbocycles. The molecule has 0 spiro atoms. The quantitative estimate of drug-likeness (QED) is 0.367. The normalized spacial score (nSPS) is 9.67. The van der Waals surface area contributed by atoms with Crippen LogP contribution in [-0.2, 0) is 30.5 Å². The second-order valence-electron chi connectivity index (χ2n) is 3.85. The third kappa shape index (κ3) is 16.2. The van der Waals surface area contributed by atoms with E-state index in [1.165, 1.54) is 0 Å². The van der Waals surface area contributed by atoms with E-state index in [1.54, 1.807) is 0 Å². The van der Waals surface area contributed by atoms with Crippen molar-refractivity contribution in [2.75, 3.05) is 18.8 Å². The third-order valence-electron chi connectivity index (χ3n) is 1.50. The van der Waals surface area contributed by atoms with Crippen molar-refractivity contribution in [3.8, 4) is 0 Å². The van der Waals surface area contributed by atoms with Gasteiger partial charge < -0.3 is 7.43 Å². The standard InChI is InChI=1S/C7H9N.C3H9O3PS.CH3.Pd/c1-6-4-3-5-7(2)8-6;1-7(2)3-8(4,5)6;;/h3-5H,1-2H3;3H2,1-2H3,(H,4,5,6);1H3;/q;;-1;/p+1. The number of hydrogen-bond acceptors (Lipinski definition) is 3. The Morgan fingerprint density at radius 3 is 1.72 bits per heavy atom. The second kappa shape index (κ2) is 11.0. The van der Waals surface area contributed by atoms with E-state index in [0.717, 1.165) is 11.4 Å². The summed E-state index contributed by atoms with van der Waals surface area (Å²) in [6, 6.07) is 6.00. The summed E-state index contributed by atoms with van der Waals surface area (Å²) in [6.07, 6.45) is 0. The molecule has 0 atom stereocenters. The van der Waals surface area contributed by atoms with Crippen LogP contribution < -0.4 is 0 Å². The van der Waals surface area contributed by atoms with Crippen LogP contribution in [0.15, 0.2) is 18.2 Å². The minimum absolute atomic E-state index is 0. The molecule has 0 bridgehead atoms. The Morgan fingerprint density at radius 1 is 1.22 bits per heavy atom. The minimum Gasteiger partial charge on any atom is -0.358 e. The summed E-state index contributed by atoms with van der Waals surface area (Å²) < 4.78 is 28.2. The van der Waals surface area contributed by atoms with Crippen LogP contribution in [0.25, 0.3) is 0 Å². The van der Waals surface area contributed by atoms with E-state index in [0.29, 0.717) is 0 Å². The van der Waals surface area contributed by atoms with Crippen molar-refractivity contribution in [2.45, 2.75) is 13.8 Å². The molecule has 0 aliphatic rings. The Bertz CT molecular complexity index is 407. The van der Waals surface area contributed by atoms with Crippen molar-refractivity contribution in [2.24, 2.45) is 0 Å². The molecule has 0 saturated heterocycles. The number of pyridine rings is 1. The fourth-order valence-corrected chi connectivity index (χ4v) is 3.96. The Hall–Kier alpha value is 0.152. The van der Waals surface area contributed by atoms with Gasteiger partial charge in [-0.15, -0.1) is 0 Å². The first kappa shape index (κ1) is 23.3. The van der Waals surface area contributed by atoms with Crippen LogP contribution in [0, 0.1) is 21.3 Å². The van der Waals surface area contributed by atoms with Crippen LogP contribution in [-0.4, -0.2) is 36.8 Å². The molecule has 4 nitrogen and oxygen atoms in total. The van der Waals surface area contributed by atoms with Crippen LogP contribution in [0.2, 0.25) is 0 Å². The predicted molar refractivity (Wildman–Crippen MR) is 76.7 cm³/mol. The van der Waals surface area contributed by atoms with E-state index >= 15 is 0 Å². The number of hydrogen-bond donors (Lipinski definition) is 1. The molecule has 1 heterocycles. The van der Waals surface area contributed by atoms with Crippen molar-refractivity contribution in [3.63, 3.8) is 0 Å². The van der Waals surface area contributed by atoms with Gasteiger partial charge in [0.25, 0.3) is 10.1 Å². The molecule has 0 fully saturated rings. The van der Waals surface area contributed by atoms with Gasteiger partial charge >= 0.3 is 0 Å². The zero-order chi connectivity index (χ0) is 12.8. The Labute approximate surface area is 126 Å². The Morgan fingerprint density at radius 2 is 1.61 bits per heavy atom. The van der Waals surface area contributed by atoms with Gasteiger partial charge in [-0.1, -0.05) is 6.07 Å². The van der Waals surface area contributed by atoms with Crippen LogP contribution in [0.4, 0.5) is 0 Å². The monoisotopic (exact) mass is 385 g/mol. The van der Waals surface area contributed by atoms with Crippen LogP contribution in [0.1, 0.15) is 11.4 Å². The van der Waals surface area contributed by atoms with E-state index in [2.05, 4.69) is 4.98 Å². The second-order valence-corrected chi connectivity index (χ2v) is 8.59. The fraction of sp³-hybridized carbons (Fsp3) is 0.455. The maximum Gasteiger partial charge on any atom is 0.299 e. The number of rotatable bonds is 2. The molecule has 1 aromatic rings. The first-order chi connectivity index (χ1) is 7.20. The maximum absolute atomic E-state index is 10.0. The molecule has 0 amide bonds. The van der Waals surface area contributed by atoms with Gasteiger partial charge in [0.1, 0.15) is 0 Å². The smallest absolute Gasteiger partial charge is 0.299 e. The van der Waals surface area contributed by atoms with Gasteiger partial charge in [-0.25, -0.2) is 0 Å². The summed E-state index contributed by atoms with van der Waals surface area (Å²) >= 11 is 0. The predicted octanol–water partition coefficient (Wildman–Crippen LogP) is 2.45. The van der Waals surface area contributed by atoms with Gasteiger partial charge in [0, 0.05) is 53.1 Å². The average Bonchev–Trinajstić information content (AvgIpc) is 1.98. The molecule has 1 N–H and O–H groups in total. The van der Waals surface area contributed by atoms with Gasteiger partial charge in [-0.3, -0.25) is 9.54 Å². The van der Waals surface area contributed by atoms with Gasteiger partial charge in [-0.05, 0) is 26.0 Å². The van der Waals surface area contributed by atoms with Crippen LogP contribution in [0.3, 0.4) is 0 Å². The summed E-state index contributed by atoms with van der Waals surface area (Å²) in [5.74, 6) is 0. The van der Waals surface area contributed by atoms with E-state index in [1.807, 2.05) is 45.4 Å². The number of aryl methyl sites for hydroxylation is 2. The van der Waals surface area contributed by atoms with Gasteiger partial charge in [0.15, 0.2) is 5.49 Å². The van der Waals surface area contributed by atoms with Gasteiger partial charge in [0.05, 0.1) is 0 Å². The van der Waals surface area contributed by atoms with Crippen molar-refractivity contribution in [3.05, 3.63) is 37.0 Å². The van der Waals surface area contributed by atoms with Crippen molar-refractivity contribution < 1.29 is 33.4 Å². The fourth-order valence-electron chi connectivity index (χ4n) is 1.04. The number of nitrogens with zero attached hydrogens (tertiary/aromatic N) is 1. The van der Waals surface area contributed by atoms with Gasteiger partial charge in [-0.2, -0.15) is 8.42 Å². The summed E-state index contributed by atoms with van der Waals surface area (Å²) in [7, 11) is -4.51. The third-order valence-corrected chi connectivity index (χ3v) is 5.27. The largest absolute Gasteiger partial charge is 0.358 e. The molecule has 1 aromatic heterocycles. The van der Waals surface area contributed by atoms with E-state index in [-0.39, 0.29) is 33.3 Å². The molecule has 0 aliphatic carbocycles. The molecule has 0 aliphatic heterocycles. The van der Waals surface area contributed by atoms with Crippen molar-refractivity contribution in [1.82, 2.24) is 4.98 Å². The molecule has 0 aromatic carbocycles. The van der Waals surface area contributed by atoms with Crippen molar-refractivity contribution >= 4 is 18.0 Å². The zero-order valence-corrected chi connectivity index (χ0v) is 14.7. The molecular formula is C11H22NO3PPdS. The van der Waals surface area contributed by atoms with E-state index in [4.69, 9.17) is 4.55 Å². The van der Waals surface area contributed by atoms with Crippen molar-refractivity contribution in [1.29, 1.82) is 0 Å². The SMILES string of the molecule is C[PH+](C)CS(=O)(=O)O.Cc1cccc(C)n1.[CH3-].[Pd]. The minimum atomic E-state index is -3.68. The average molecular weight is 386 g/mol. The Balaban J connectivity index is -0.000000225. The first-order valence-electron chi connectivity index (χ1n) is 4.85. The molecule has 1 rings (SSSR count). The number of aromatic nitrogens is 1. The summed E-state index contributed by atoms with van der Waals surface area (Å²) in [5.41, 5.74) is 2.13. The molecule has 0 unspecified atom stereocenters. The molecular weight excluding hydrogens is 364 g/mol.